The molecule has 3 aromatic rings. The van der Waals surface area contributed by atoms with Crippen molar-refractivity contribution < 1.29 is 14.4 Å². The Morgan fingerprint density at radius 3 is 1.62 bits per heavy atom. The first-order valence-corrected chi connectivity index (χ1v) is 9.95. The summed E-state index contributed by atoms with van der Waals surface area (Å²) in [5.74, 6) is -1.25. The van der Waals surface area contributed by atoms with Crippen molar-refractivity contribution in [2.24, 2.45) is 0 Å². The van der Waals surface area contributed by atoms with Crippen LogP contribution in [0.15, 0.2) is 71.6 Å². The molecule has 1 aliphatic heterocycles. The third kappa shape index (κ3) is 3.50. The lowest BCUT2D eigenvalue weighted by Gasteiger charge is -2.34. The van der Waals surface area contributed by atoms with Gasteiger partial charge < -0.3 is 0 Å². The van der Waals surface area contributed by atoms with Gasteiger partial charge in [-0.25, -0.2) is 14.6 Å². The molecule has 5 nitrogen and oxygen atoms in total. The summed E-state index contributed by atoms with van der Waals surface area (Å²) in [6, 6.07) is 17.1. The maximum absolute atomic E-state index is 13.3. The number of rotatable bonds is 3. The predicted molar refractivity (Wildman–Crippen MR) is 115 cm³/mol. The van der Waals surface area contributed by atoms with Gasteiger partial charge in [-0.15, -0.1) is 11.3 Å². The van der Waals surface area contributed by atoms with Crippen LogP contribution in [0.2, 0.25) is 0 Å². The van der Waals surface area contributed by atoms with Crippen molar-refractivity contribution in [3.05, 3.63) is 87.6 Å². The molecule has 0 aliphatic carbocycles. The molecule has 29 heavy (non-hydrogen) atoms. The van der Waals surface area contributed by atoms with Gasteiger partial charge in [0.25, 0.3) is 11.8 Å². The number of thiophene rings is 1. The number of hydrogen-bond donors (Lipinski definition) is 0. The van der Waals surface area contributed by atoms with E-state index in [-0.39, 0.29) is 5.57 Å². The zero-order valence-electron chi connectivity index (χ0n) is 16.0. The third-order valence-electron chi connectivity index (χ3n) is 4.66. The van der Waals surface area contributed by atoms with E-state index < -0.39 is 17.8 Å². The van der Waals surface area contributed by atoms with Crippen LogP contribution in [0.4, 0.5) is 16.2 Å². The van der Waals surface area contributed by atoms with Gasteiger partial charge in [0, 0.05) is 4.88 Å². The summed E-state index contributed by atoms with van der Waals surface area (Å²) in [5, 5.41) is 1.87. The molecule has 1 saturated heterocycles. The standard InChI is InChI=1S/C23H18N2O3S/c1-15-5-9-17(10-6-15)24-21(26)20(14-19-4-3-13-29-19)22(27)25(23(24)28)18-11-7-16(2)8-12-18/h3-14H,1-2H3. The molecule has 0 saturated carbocycles. The summed E-state index contributed by atoms with van der Waals surface area (Å²) in [5.41, 5.74) is 2.81. The zero-order chi connectivity index (χ0) is 20.5. The van der Waals surface area contributed by atoms with E-state index in [1.807, 2.05) is 55.6 Å². The smallest absolute Gasteiger partial charge is 0.268 e. The normalized spacial score (nSPS) is 14.6. The number of aryl methyl sites for hydroxylation is 2. The van der Waals surface area contributed by atoms with Crippen LogP contribution in [0.3, 0.4) is 0 Å². The molecule has 0 radical (unpaired) electrons. The third-order valence-corrected chi connectivity index (χ3v) is 5.48. The van der Waals surface area contributed by atoms with Crippen LogP contribution < -0.4 is 9.80 Å². The SMILES string of the molecule is Cc1ccc(N2C(=O)C(=Cc3cccs3)C(=O)N(c3ccc(C)cc3)C2=O)cc1. The number of amides is 4. The largest absolute Gasteiger partial charge is 0.343 e. The van der Waals surface area contributed by atoms with Crippen LogP contribution in [0.1, 0.15) is 16.0 Å². The molecule has 0 bridgehead atoms. The van der Waals surface area contributed by atoms with Crippen molar-refractivity contribution in [2.75, 3.05) is 9.80 Å². The molecule has 0 N–H and O–H groups in total. The van der Waals surface area contributed by atoms with Crippen LogP contribution >= 0.6 is 11.3 Å². The molecule has 144 valence electrons. The molecular weight excluding hydrogens is 384 g/mol. The minimum absolute atomic E-state index is 0.0480. The Labute approximate surface area is 172 Å². The van der Waals surface area contributed by atoms with Crippen LogP contribution in [0, 0.1) is 13.8 Å². The molecule has 1 aliphatic rings. The number of hydrogen-bond acceptors (Lipinski definition) is 4. The van der Waals surface area contributed by atoms with E-state index in [0.717, 1.165) is 25.8 Å². The Hall–Kier alpha value is -3.51. The topological polar surface area (TPSA) is 57.7 Å². The van der Waals surface area contributed by atoms with E-state index in [1.165, 1.54) is 11.3 Å². The fourth-order valence-electron chi connectivity index (χ4n) is 3.09. The van der Waals surface area contributed by atoms with Crippen molar-refractivity contribution in [1.82, 2.24) is 0 Å². The summed E-state index contributed by atoms with van der Waals surface area (Å²) in [6.45, 7) is 3.85. The lowest BCUT2D eigenvalue weighted by molar-refractivity contribution is -0.121. The van der Waals surface area contributed by atoms with Gasteiger partial charge in [-0.3, -0.25) is 9.59 Å². The minimum atomic E-state index is -0.684. The van der Waals surface area contributed by atoms with E-state index in [2.05, 4.69) is 0 Å². The first-order chi connectivity index (χ1) is 14.0. The Kier molecular flexibility index (Phi) is 4.86. The summed E-state index contributed by atoms with van der Waals surface area (Å²) in [4.78, 5) is 42.5. The molecule has 4 rings (SSSR count). The molecule has 1 aromatic heterocycles. The molecule has 0 atom stereocenters. The first kappa shape index (κ1) is 18.8. The summed E-state index contributed by atoms with van der Waals surface area (Å²) in [7, 11) is 0. The highest BCUT2D eigenvalue weighted by Gasteiger charge is 2.43. The lowest BCUT2D eigenvalue weighted by Crippen LogP contribution is -2.57. The number of urea groups is 1. The molecule has 0 spiro atoms. The van der Waals surface area contributed by atoms with Gasteiger partial charge in [0.2, 0.25) is 0 Å². The van der Waals surface area contributed by atoms with Crippen molar-refractivity contribution >= 4 is 46.6 Å². The Morgan fingerprint density at radius 2 is 1.21 bits per heavy atom. The highest BCUT2D eigenvalue weighted by Crippen LogP contribution is 2.30. The fourth-order valence-corrected chi connectivity index (χ4v) is 3.75. The van der Waals surface area contributed by atoms with E-state index >= 15 is 0 Å². The van der Waals surface area contributed by atoms with Crippen LogP contribution in [0.5, 0.6) is 0 Å². The minimum Gasteiger partial charge on any atom is -0.268 e. The van der Waals surface area contributed by atoms with Crippen molar-refractivity contribution in [1.29, 1.82) is 0 Å². The van der Waals surface area contributed by atoms with Gasteiger partial charge in [-0.2, -0.15) is 0 Å². The second-order valence-corrected chi connectivity index (χ2v) is 7.79. The van der Waals surface area contributed by atoms with Gasteiger partial charge in [0.05, 0.1) is 11.4 Å². The maximum atomic E-state index is 13.3. The van der Waals surface area contributed by atoms with Gasteiger partial charge in [0.15, 0.2) is 0 Å². The molecule has 1 fully saturated rings. The van der Waals surface area contributed by atoms with E-state index in [0.29, 0.717) is 11.4 Å². The van der Waals surface area contributed by atoms with E-state index in [1.54, 1.807) is 30.3 Å². The Balaban J connectivity index is 1.86. The number of barbiturate groups is 1. The van der Waals surface area contributed by atoms with Crippen LogP contribution in [-0.4, -0.2) is 17.8 Å². The molecule has 2 aromatic carbocycles. The predicted octanol–water partition coefficient (Wildman–Crippen LogP) is 4.95. The average Bonchev–Trinajstić information content (AvgIpc) is 3.21. The average molecular weight is 402 g/mol. The number of imide groups is 2. The summed E-state index contributed by atoms with van der Waals surface area (Å²) < 4.78 is 0. The Morgan fingerprint density at radius 1 is 0.724 bits per heavy atom. The fraction of sp³-hybridized carbons (Fsp3) is 0.0870. The highest BCUT2D eigenvalue weighted by atomic mass is 32.1. The van der Waals surface area contributed by atoms with Crippen molar-refractivity contribution in [3.8, 4) is 0 Å². The second kappa shape index (κ2) is 7.48. The second-order valence-electron chi connectivity index (χ2n) is 6.81. The number of carbonyl (C=O) groups excluding carboxylic acids is 3. The van der Waals surface area contributed by atoms with Gasteiger partial charge in [-0.1, -0.05) is 41.5 Å². The zero-order valence-corrected chi connectivity index (χ0v) is 16.8. The number of anilines is 2. The van der Waals surface area contributed by atoms with Gasteiger partial charge in [0.1, 0.15) is 5.57 Å². The highest BCUT2D eigenvalue weighted by molar-refractivity contribution is 7.10. The van der Waals surface area contributed by atoms with E-state index in [4.69, 9.17) is 0 Å². The summed E-state index contributed by atoms with van der Waals surface area (Å²) in [6.07, 6.45) is 1.55. The van der Waals surface area contributed by atoms with Gasteiger partial charge >= 0.3 is 6.03 Å². The number of benzene rings is 2. The maximum Gasteiger partial charge on any atom is 0.343 e. The van der Waals surface area contributed by atoms with Crippen molar-refractivity contribution in [2.45, 2.75) is 13.8 Å². The first-order valence-electron chi connectivity index (χ1n) is 9.07. The van der Waals surface area contributed by atoms with Crippen LogP contribution in [0.25, 0.3) is 6.08 Å². The molecule has 6 heteroatoms. The molecule has 2 heterocycles. The summed E-state index contributed by atoms with van der Waals surface area (Å²) >= 11 is 1.42. The molecule has 0 unspecified atom stereocenters. The van der Waals surface area contributed by atoms with E-state index in [9.17, 15) is 14.4 Å². The quantitative estimate of drug-likeness (QED) is 0.460. The lowest BCUT2D eigenvalue weighted by atomic mass is 10.1. The molecule has 4 amide bonds. The number of nitrogens with zero attached hydrogens (tertiary/aromatic N) is 2. The Bertz CT molecular complexity index is 1040. The van der Waals surface area contributed by atoms with Crippen LogP contribution in [-0.2, 0) is 9.59 Å². The molecular formula is C23H18N2O3S. The van der Waals surface area contributed by atoms with Gasteiger partial charge in [-0.05, 0) is 55.6 Å². The van der Waals surface area contributed by atoms with Crippen molar-refractivity contribution in [3.63, 3.8) is 0 Å². The monoisotopic (exact) mass is 402 g/mol. The number of carbonyl (C=O) groups is 3.